The molecule has 63 heavy (non-hydrogen) atoms. The number of benzene rings is 3. The van der Waals surface area contributed by atoms with E-state index in [1.165, 1.54) is 48.2 Å². The van der Waals surface area contributed by atoms with Crippen LogP contribution in [0.15, 0.2) is 54.6 Å². The van der Waals surface area contributed by atoms with E-state index in [2.05, 4.69) is 43.8 Å². The highest BCUT2D eigenvalue weighted by atomic mass is 35.5. The maximum Gasteiger partial charge on any atom is 0.471 e. The van der Waals surface area contributed by atoms with Gasteiger partial charge in [0.2, 0.25) is 5.91 Å². The normalized spacial score (nSPS) is 15.7. The lowest BCUT2D eigenvalue weighted by Gasteiger charge is -2.37. The van der Waals surface area contributed by atoms with Crippen LogP contribution in [0.2, 0.25) is 0 Å². The number of amides is 3. The van der Waals surface area contributed by atoms with Crippen LogP contribution in [0.1, 0.15) is 104 Å². The van der Waals surface area contributed by atoms with Crippen LogP contribution in [0, 0.1) is 11.3 Å². The topological polar surface area (TPSA) is 151 Å². The highest BCUT2D eigenvalue weighted by Crippen LogP contribution is 2.57. The highest BCUT2D eigenvalue weighted by Gasteiger charge is 2.54. The second-order valence-electron chi connectivity index (χ2n) is 15.3. The molecule has 340 valence electrons. The number of unbranched alkanes of at least 4 members (excludes halogenated alkanes) is 3. The van der Waals surface area contributed by atoms with Crippen molar-refractivity contribution in [1.82, 2.24) is 9.99 Å². The number of alkyl halides is 5. The quantitative estimate of drug-likeness (QED) is 0.0474. The van der Waals surface area contributed by atoms with Crippen LogP contribution in [-0.2, 0) is 29.0 Å². The fourth-order valence-electron chi connectivity index (χ4n) is 7.65. The Morgan fingerprint density at radius 3 is 2.00 bits per heavy atom. The maximum atomic E-state index is 13.7. The van der Waals surface area contributed by atoms with Crippen molar-refractivity contribution in [3.05, 3.63) is 82.4 Å². The summed E-state index contributed by atoms with van der Waals surface area (Å²) in [5, 5.41) is 11.9. The Balaban J connectivity index is 1.38. The molecule has 0 radical (unpaired) electrons. The molecule has 2 aliphatic rings. The van der Waals surface area contributed by atoms with E-state index in [1.807, 2.05) is 0 Å². The van der Waals surface area contributed by atoms with Crippen molar-refractivity contribution < 1.29 is 50.9 Å². The molecule has 2 atom stereocenters. The second-order valence-corrected chi connectivity index (χ2v) is 17.6. The number of anilines is 2. The van der Waals surface area contributed by atoms with Crippen molar-refractivity contribution in [2.75, 3.05) is 54.4 Å². The van der Waals surface area contributed by atoms with Crippen LogP contribution < -0.4 is 19.9 Å². The molecule has 1 spiro atoms. The fraction of sp³-hybridized carbons (Fsp3) is 0.477. The first-order valence-corrected chi connectivity index (χ1v) is 22.8. The maximum absolute atomic E-state index is 13.7. The Morgan fingerprint density at radius 2 is 1.43 bits per heavy atom. The van der Waals surface area contributed by atoms with Gasteiger partial charge >= 0.3 is 18.1 Å². The molecule has 5 rings (SSSR count). The number of rotatable bonds is 21. The van der Waals surface area contributed by atoms with Gasteiger partial charge in [-0.05, 0) is 83.0 Å². The molecule has 3 aromatic rings. The van der Waals surface area contributed by atoms with Gasteiger partial charge in [-0.25, -0.2) is 9.46 Å². The molecule has 0 fully saturated rings. The number of fused-ring (bicyclic) bond motifs is 6. The average Bonchev–Trinajstić information content (AvgIpc) is 3.52. The molecule has 0 aliphatic carbocycles. The molecule has 2 unspecified atom stereocenters. The first-order valence-electron chi connectivity index (χ1n) is 20.6. The molecular formula is C44H51Cl2F3N5O8P. The van der Waals surface area contributed by atoms with Gasteiger partial charge in [0.25, 0.3) is 14.4 Å². The summed E-state index contributed by atoms with van der Waals surface area (Å²) in [6.07, 6.45) is -1.82. The van der Waals surface area contributed by atoms with E-state index < -0.39 is 44.6 Å². The Kier molecular flexibility index (Phi) is 17.2. The molecule has 0 saturated carbocycles. The van der Waals surface area contributed by atoms with Crippen LogP contribution in [0.3, 0.4) is 0 Å². The molecule has 0 bridgehead atoms. The van der Waals surface area contributed by atoms with E-state index >= 15 is 0 Å². The number of esters is 1. The molecule has 0 aromatic heterocycles. The minimum Gasteiger partial charge on any atom is -0.456 e. The predicted octanol–water partition coefficient (Wildman–Crippen LogP) is 9.56. The number of carbonyl (C=O) groups is 4. The van der Waals surface area contributed by atoms with Crippen molar-refractivity contribution in [3.63, 3.8) is 0 Å². The Morgan fingerprint density at radius 1 is 0.841 bits per heavy atom. The molecule has 13 nitrogen and oxygen atoms in total. The van der Waals surface area contributed by atoms with Gasteiger partial charge in [-0.3, -0.25) is 14.4 Å². The first kappa shape index (κ1) is 49.5. The average molecular weight is 937 g/mol. The highest BCUT2D eigenvalue weighted by molar-refractivity contribution is 7.44. The van der Waals surface area contributed by atoms with Crippen LogP contribution in [-0.4, -0.2) is 91.2 Å². The summed E-state index contributed by atoms with van der Waals surface area (Å²) in [5.41, 5.74) is -0.365. The summed E-state index contributed by atoms with van der Waals surface area (Å²) in [7, 11) is -1.32. The predicted molar refractivity (Wildman–Crippen MR) is 235 cm³/mol. The van der Waals surface area contributed by atoms with Crippen molar-refractivity contribution >= 4 is 66.8 Å². The third-order valence-corrected chi connectivity index (χ3v) is 12.8. The minimum atomic E-state index is -5.21. The van der Waals surface area contributed by atoms with Crippen LogP contribution >= 0.6 is 31.7 Å². The monoisotopic (exact) mass is 935 g/mol. The third kappa shape index (κ3) is 11.2. The Labute approximate surface area is 376 Å². The van der Waals surface area contributed by atoms with Gasteiger partial charge in [-0.2, -0.15) is 18.4 Å². The van der Waals surface area contributed by atoms with Gasteiger partial charge in [0.1, 0.15) is 11.5 Å². The van der Waals surface area contributed by atoms with Gasteiger partial charge in [0.05, 0.1) is 31.3 Å². The van der Waals surface area contributed by atoms with Crippen molar-refractivity contribution in [2.24, 2.45) is 0 Å². The molecule has 2 heterocycles. The summed E-state index contributed by atoms with van der Waals surface area (Å²) in [6, 6.07) is 15.7. The zero-order chi connectivity index (χ0) is 46.1. The Bertz CT molecular complexity index is 2180. The summed E-state index contributed by atoms with van der Waals surface area (Å²) >= 11 is 11.8. The molecule has 0 saturated heterocycles. The zero-order valence-electron chi connectivity index (χ0n) is 35.7. The first-order chi connectivity index (χ1) is 30.0. The lowest BCUT2D eigenvalue weighted by atomic mass is 9.77. The summed E-state index contributed by atoms with van der Waals surface area (Å²) < 4.78 is 68.0. The van der Waals surface area contributed by atoms with Crippen molar-refractivity contribution in [1.29, 1.82) is 5.26 Å². The van der Waals surface area contributed by atoms with E-state index in [-0.39, 0.29) is 82.2 Å². The van der Waals surface area contributed by atoms with E-state index in [4.69, 9.17) is 47.0 Å². The van der Waals surface area contributed by atoms with E-state index in [0.29, 0.717) is 42.3 Å². The molecule has 2 aliphatic heterocycles. The van der Waals surface area contributed by atoms with Crippen molar-refractivity contribution in [3.8, 4) is 17.6 Å². The number of nitrogens with zero attached hydrogens (tertiary/aromatic N) is 4. The molecule has 1 N–H and O–H groups in total. The number of halogens is 5. The Hall–Kier alpha value is -4.49. The van der Waals surface area contributed by atoms with E-state index in [9.17, 15) is 32.3 Å². The standard InChI is InChI=1S/C44H51Cl2F3N5O8P/c1-28(2)54(29(3)4)63(60-24-10-19-50)59-23-9-7-6-8-20-51-40(56)31-11-14-34-37(25-31)43(62-41(34)57)35-15-12-32(52(21-17-45)30(5)55)26-38(35)61-39-27-33(13-16-36(39)43)53(22-18-46)42(58)44(47,48)49/h11-16,25-29H,6-10,17-18,20-24H2,1-5H3,(H,51,56). The number of carbonyl (C=O) groups excluding carboxylic acids is 4. The number of nitriles is 1. The lowest BCUT2D eigenvalue weighted by molar-refractivity contribution is -0.170. The second kappa shape index (κ2) is 21.9. The molecule has 3 aromatic carbocycles. The largest absolute Gasteiger partial charge is 0.471 e. The lowest BCUT2D eigenvalue weighted by Crippen LogP contribution is -2.42. The molecular weight excluding hydrogens is 885 g/mol. The number of hydrogen-bond acceptors (Lipinski definition) is 10. The minimum absolute atomic E-state index is 0.0420. The van der Waals surface area contributed by atoms with Gasteiger partial charge in [0.15, 0.2) is 5.60 Å². The number of ether oxygens (including phenoxy) is 2. The van der Waals surface area contributed by atoms with Gasteiger partial charge < -0.3 is 33.6 Å². The smallest absolute Gasteiger partial charge is 0.456 e. The van der Waals surface area contributed by atoms with Gasteiger partial charge in [0, 0.05) is 96.2 Å². The summed E-state index contributed by atoms with van der Waals surface area (Å²) in [5.74, 6) is -3.72. The number of hydrogen-bond donors (Lipinski definition) is 1. The number of nitrogens with one attached hydrogen (secondary N) is 1. The van der Waals surface area contributed by atoms with E-state index in [1.54, 1.807) is 18.2 Å². The van der Waals surface area contributed by atoms with Crippen molar-refractivity contribution in [2.45, 2.75) is 90.6 Å². The van der Waals surface area contributed by atoms with E-state index in [0.717, 1.165) is 19.3 Å². The third-order valence-electron chi connectivity index (χ3n) is 10.4. The summed E-state index contributed by atoms with van der Waals surface area (Å²) in [4.78, 5) is 54.4. The fourth-order valence-corrected chi connectivity index (χ4v) is 9.62. The molecule has 19 heteroatoms. The summed E-state index contributed by atoms with van der Waals surface area (Å²) in [6.45, 7) is 10.5. The zero-order valence-corrected chi connectivity index (χ0v) is 38.1. The van der Waals surface area contributed by atoms with Crippen LogP contribution in [0.4, 0.5) is 24.5 Å². The SMILES string of the molecule is CC(=O)N(CCCl)c1ccc2c(c1)Oc1cc(N(CCCl)C(=O)C(F)(F)F)ccc1C21OC(=O)c2ccc(C(=O)NCCCCCCOP(OCCC#N)N(C(C)C)C(C)C)cc21. The molecule has 3 amide bonds. The van der Waals surface area contributed by atoms with Crippen LogP contribution in [0.5, 0.6) is 11.5 Å². The van der Waals surface area contributed by atoms with Crippen LogP contribution in [0.25, 0.3) is 0 Å². The van der Waals surface area contributed by atoms with Gasteiger partial charge in [-0.1, -0.05) is 12.8 Å². The van der Waals surface area contributed by atoms with Gasteiger partial charge in [-0.15, -0.1) is 23.2 Å².